The lowest BCUT2D eigenvalue weighted by molar-refractivity contribution is -0.167. The van der Waals surface area contributed by atoms with E-state index >= 15 is 0 Å². The third-order valence-electron chi connectivity index (χ3n) is 1.80. The zero-order valence-corrected chi connectivity index (χ0v) is 7.01. The number of hydrogen-bond acceptors (Lipinski definition) is 4. The first-order valence-electron chi connectivity index (χ1n) is 3.60. The van der Waals surface area contributed by atoms with E-state index in [0.717, 1.165) is 0 Å². The number of methoxy groups -OCH3 is 1. The van der Waals surface area contributed by atoms with Crippen LogP contribution in [-0.4, -0.2) is 24.7 Å². The largest absolute Gasteiger partial charge is 0.467 e. The fourth-order valence-electron chi connectivity index (χ4n) is 1.24. The van der Waals surface area contributed by atoms with Crippen molar-refractivity contribution < 1.29 is 14.4 Å². The summed E-state index contributed by atoms with van der Waals surface area (Å²) >= 11 is 0. The van der Waals surface area contributed by atoms with Crippen LogP contribution in [0.5, 0.6) is 0 Å². The van der Waals surface area contributed by atoms with Crippen molar-refractivity contribution in [3.8, 4) is 0 Å². The zero-order chi connectivity index (χ0) is 8.48. The minimum atomic E-state index is -0.797. The number of hydroxylamine groups is 1. The number of carbonyl (C=O) groups is 1. The van der Waals surface area contributed by atoms with E-state index in [0.29, 0.717) is 6.42 Å². The van der Waals surface area contributed by atoms with Crippen LogP contribution in [0, 0.1) is 0 Å². The van der Waals surface area contributed by atoms with Gasteiger partial charge in [0.2, 0.25) is 0 Å². The fraction of sp³-hybridized carbons (Fsp3) is 0.857. The Bertz CT molecular complexity index is 171. The third kappa shape index (κ3) is 1.52. The molecule has 1 N–H and O–H groups in total. The van der Waals surface area contributed by atoms with Crippen molar-refractivity contribution in [2.45, 2.75) is 31.9 Å². The quantitative estimate of drug-likeness (QED) is 0.556. The third-order valence-corrected chi connectivity index (χ3v) is 1.80. The first-order chi connectivity index (χ1) is 5.08. The number of carbonyl (C=O) groups excluding carboxylic acids is 1. The Morgan fingerprint density at radius 2 is 2.45 bits per heavy atom. The van der Waals surface area contributed by atoms with Gasteiger partial charge in [-0.25, -0.2) is 4.79 Å². The van der Waals surface area contributed by atoms with E-state index in [-0.39, 0.29) is 12.0 Å². The number of ether oxygens (including phenoxy) is 1. The van der Waals surface area contributed by atoms with Crippen LogP contribution in [0.15, 0.2) is 0 Å². The molecule has 1 aliphatic heterocycles. The molecule has 0 aliphatic carbocycles. The molecule has 0 saturated carbocycles. The molecular weight excluding hydrogens is 146 g/mol. The Labute approximate surface area is 65.8 Å². The SMILES string of the molecule is COC(=O)C1(C)CC(C)NO1. The molecule has 11 heavy (non-hydrogen) atoms. The minimum absolute atomic E-state index is 0.207. The molecule has 2 unspecified atom stereocenters. The van der Waals surface area contributed by atoms with Gasteiger partial charge in [-0.05, 0) is 13.8 Å². The summed E-state index contributed by atoms with van der Waals surface area (Å²) in [4.78, 5) is 16.2. The van der Waals surface area contributed by atoms with Crippen LogP contribution >= 0.6 is 0 Å². The molecule has 0 bridgehead atoms. The van der Waals surface area contributed by atoms with Crippen molar-refractivity contribution in [3.05, 3.63) is 0 Å². The lowest BCUT2D eigenvalue weighted by atomic mass is 10.0. The Morgan fingerprint density at radius 3 is 2.82 bits per heavy atom. The average Bonchev–Trinajstić information content (AvgIpc) is 2.31. The fourth-order valence-corrected chi connectivity index (χ4v) is 1.24. The number of rotatable bonds is 1. The minimum Gasteiger partial charge on any atom is -0.467 e. The first-order valence-corrected chi connectivity index (χ1v) is 3.60. The molecule has 0 amide bonds. The van der Waals surface area contributed by atoms with E-state index in [4.69, 9.17) is 4.84 Å². The summed E-state index contributed by atoms with van der Waals surface area (Å²) in [6.45, 7) is 3.67. The van der Waals surface area contributed by atoms with Crippen molar-refractivity contribution in [1.82, 2.24) is 5.48 Å². The molecule has 0 spiro atoms. The highest BCUT2D eigenvalue weighted by Crippen LogP contribution is 2.23. The number of esters is 1. The van der Waals surface area contributed by atoms with Gasteiger partial charge in [0.25, 0.3) is 0 Å². The van der Waals surface area contributed by atoms with Crippen LogP contribution in [0.2, 0.25) is 0 Å². The maximum absolute atomic E-state index is 11.1. The van der Waals surface area contributed by atoms with Crippen LogP contribution in [0.25, 0.3) is 0 Å². The Hall–Kier alpha value is -0.610. The van der Waals surface area contributed by atoms with E-state index in [1.54, 1.807) is 6.92 Å². The van der Waals surface area contributed by atoms with Crippen molar-refractivity contribution in [1.29, 1.82) is 0 Å². The standard InChI is InChI=1S/C7H13NO3/c1-5-4-7(2,11-8-5)6(9)10-3/h5,8H,4H2,1-3H3. The molecule has 1 rings (SSSR count). The van der Waals surface area contributed by atoms with Crippen LogP contribution in [0.3, 0.4) is 0 Å². The van der Waals surface area contributed by atoms with Gasteiger partial charge in [0.05, 0.1) is 7.11 Å². The van der Waals surface area contributed by atoms with Crippen molar-refractivity contribution in [2.24, 2.45) is 0 Å². The second-order valence-corrected chi connectivity index (χ2v) is 3.05. The van der Waals surface area contributed by atoms with Gasteiger partial charge in [0.1, 0.15) is 0 Å². The monoisotopic (exact) mass is 159 g/mol. The molecule has 4 nitrogen and oxygen atoms in total. The Balaban J connectivity index is 2.61. The summed E-state index contributed by atoms with van der Waals surface area (Å²) in [5.74, 6) is -0.325. The molecule has 0 aromatic carbocycles. The molecule has 2 atom stereocenters. The first kappa shape index (κ1) is 8.49. The highest BCUT2D eigenvalue weighted by Gasteiger charge is 2.42. The topological polar surface area (TPSA) is 47.6 Å². The van der Waals surface area contributed by atoms with Crippen molar-refractivity contribution in [3.63, 3.8) is 0 Å². The van der Waals surface area contributed by atoms with Crippen molar-refractivity contribution in [2.75, 3.05) is 7.11 Å². The van der Waals surface area contributed by atoms with E-state index in [2.05, 4.69) is 10.2 Å². The number of nitrogens with one attached hydrogen (secondary N) is 1. The van der Waals surface area contributed by atoms with Gasteiger partial charge in [0, 0.05) is 12.5 Å². The van der Waals surface area contributed by atoms with Gasteiger partial charge in [-0.3, -0.25) is 4.84 Å². The van der Waals surface area contributed by atoms with Crippen molar-refractivity contribution >= 4 is 5.97 Å². The summed E-state index contributed by atoms with van der Waals surface area (Å²) in [6.07, 6.45) is 0.652. The molecular formula is C7H13NO3. The Kier molecular flexibility index (Phi) is 2.15. The molecule has 1 heterocycles. The van der Waals surface area contributed by atoms with Gasteiger partial charge in [-0.2, -0.15) is 5.48 Å². The molecule has 64 valence electrons. The second kappa shape index (κ2) is 2.79. The van der Waals surface area contributed by atoms with Crippen LogP contribution in [0.4, 0.5) is 0 Å². The highest BCUT2D eigenvalue weighted by atomic mass is 16.7. The second-order valence-electron chi connectivity index (χ2n) is 3.05. The highest BCUT2D eigenvalue weighted by molar-refractivity contribution is 5.79. The maximum Gasteiger partial charge on any atom is 0.340 e. The summed E-state index contributed by atoms with van der Waals surface area (Å²) in [5, 5.41) is 0. The smallest absolute Gasteiger partial charge is 0.340 e. The lowest BCUT2D eigenvalue weighted by Gasteiger charge is -2.17. The molecule has 1 saturated heterocycles. The van der Waals surface area contributed by atoms with Crippen LogP contribution < -0.4 is 5.48 Å². The van der Waals surface area contributed by atoms with E-state index in [1.165, 1.54) is 7.11 Å². The van der Waals surface area contributed by atoms with E-state index in [9.17, 15) is 4.79 Å². The van der Waals surface area contributed by atoms with Gasteiger partial charge >= 0.3 is 5.97 Å². The predicted octanol–water partition coefficient (Wildman–Crippen LogP) is 0.231. The molecule has 1 aliphatic rings. The Morgan fingerprint density at radius 1 is 1.82 bits per heavy atom. The summed E-state index contributed by atoms with van der Waals surface area (Å²) in [5.41, 5.74) is 1.93. The van der Waals surface area contributed by atoms with E-state index in [1.807, 2.05) is 6.92 Å². The average molecular weight is 159 g/mol. The van der Waals surface area contributed by atoms with Crippen LogP contribution in [0.1, 0.15) is 20.3 Å². The van der Waals surface area contributed by atoms with Gasteiger partial charge in [-0.1, -0.05) is 0 Å². The predicted molar refractivity (Wildman–Crippen MR) is 38.7 cm³/mol. The molecule has 1 fully saturated rings. The molecule has 0 aromatic rings. The maximum atomic E-state index is 11.1. The zero-order valence-electron chi connectivity index (χ0n) is 7.01. The summed E-state index contributed by atoms with van der Waals surface area (Å²) < 4.78 is 4.58. The lowest BCUT2D eigenvalue weighted by Crippen LogP contribution is -2.36. The number of hydrogen-bond donors (Lipinski definition) is 1. The van der Waals surface area contributed by atoms with Gasteiger partial charge < -0.3 is 4.74 Å². The summed E-state index contributed by atoms with van der Waals surface area (Å²) in [7, 11) is 1.36. The van der Waals surface area contributed by atoms with Crippen LogP contribution in [-0.2, 0) is 14.4 Å². The molecule has 4 heteroatoms. The van der Waals surface area contributed by atoms with Gasteiger partial charge in [0.15, 0.2) is 5.60 Å². The van der Waals surface area contributed by atoms with E-state index < -0.39 is 5.60 Å². The molecule has 0 aromatic heterocycles. The molecule has 0 radical (unpaired) electrons. The summed E-state index contributed by atoms with van der Waals surface area (Å²) in [6, 6.07) is 0.207. The normalized spacial score (nSPS) is 37.2. The van der Waals surface area contributed by atoms with Gasteiger partial charge in [-0.15, -0.1) is 0 Å².